The number of rotatable bonds is 0. The maximum atomic E-state index is 5.37. The zero-order valence-corrected chi connectivity index (χ0v) is 11.3. The first-order valence-electron chi connectivity index (χ1n) is 5.31. The van der Waals surface area contributed by atoms with E-state index in [1.165, 1.54) is 5.52 Å². The first-order chi connectivity index (χ1) is 7.65. The lowest BCUT2D eigenvalue weighted by Crippen LogP contribution is -2.13. The van der Waals surface area contributed by atoms with E-state index in [2.05, 4.69) is 49.9 Å². The molecule has 3 nitrogen and oxygen atoms in total. The smallest absolute Gasteiger partial charge is 0.178 e. The summed E-state index contributed by atoms with van der Waals surface area (Å²) in [5.41, 5.74) is 3.44. The lowest BCUT2D eigenvalue weighted by atomic mass is 10.2. The van der Waals surface area contributed by atoms with E-state index in [0.29, 0.717) is 5.92 Å². The van der Waals surface area contributed by atoms with Crippen LogP contribution in [-0.2, 0) is 6.54 Å². The molecule has 0 spiro atoms. The SMILES string of the molecule is CC1CNc2cc(Br)cc3[nH]c(=S)n(c23)C1. The Balaban J connectivity index is 2.40. The van der Waals surface area contributed by atoms with Gasteiger partial charge in [0.2, 0.25) is 0 Å². The van der Waals surface area contributed by atoms with Crippen LogP contribution in [0.25, 0.3) is 11.0 Å². The van der Waals surface area contributed by atoms with Crippen molar-refractivity contribution in [1.82, 2.24) is 9.55 Å². The molecule has 0 amide bonds. The lowest BCUT2D eigenvalue weighted by Gasteiger charge is -2.08. The molecule has 84 valence electrons. The molecule has 0 saturated heterocycles. The topological polar surface area (TPSA) is 32.8 Å². The van der Waals surface area contributed by atoms with Gasteiger partial charge in [-0.25, -0.2) is 0 Å². The normalized spacial score (nSPS) is 19.5. The molecule has 1 aromatic heterocycles. The van der Waals surface area contributed by atoms with Gasteiger partial charge in [-0.15, -0.1) is 0 Å². The van der Waals surface area contributed by atoms with Gasteiger partial charge in [0.15, 0.2) is 4.77 Å². The Morgan fingerprint density at radius 2 is 2.31 bits per heavy atom. The summed E-state index contributed by atoms with van der Waals surface area (Å²) in [5.74, 6) is 0.580. The summed E-state index contributed by atoms with van der Waals surface area (Å²) >= 11 is 8.89. The highest BCUT2D eigenvalue weighted by Crippen LogP contribution is 2.30. The molecular weight excluding hydrogens is 286 g/mol. The van der Waals surface area contributed by atoms with E-state index in [4.69, 9.17) is 12.2 Å². The Hall–Kier alpha value is -0.810. The van der Waals surface area contributed by atoms with Crippen LogP contribution in [-0.4, -0.2) is 16.1 Å². The maximum absolute atomic E-state index is 5.37. The summed E-state index contributed by atoms with van der Waals surface area (Å²) in [7, 11) is 0. The minimum atomic E-state index is 0.580. The van der Waals surface area contributed by atoms with Crippen LogP contribution in [0.2, 0.25) is 0 Å². The van der Waals surface area contributed by atoms with E-state index in [9.17, 15) is 0 Å². The summed E-state index contributed by atoms with van der Waals surface area (Å²) < 4.78 is 4.07. The number of hydrogen-bond acceptors (Lipinski definition) is 2. The van der Waals surface area contributed by atoms with Crippen molar-refractivity contribution in [3.05, 3.63) is 21.4 Å². The van der Waals surface area contributed by atoms with Crippen molar-refractivity contribution in [2.75, 3.05) is 11.9 Å². The molecule has 5 heteroatoms. The molecule has 0 saturated carbocycles. The van der Waals surface area contributed by atoms with Gasteiger partial charge in [0.25, 0.3) is 0 Å². The highest BCUT2D eigenvalue weighted by Gasteiger charge is 2.16. The van der Waals surface area contributed by atoms with Crippen LogP contribution in [0, 0.1) is 10.7 Å². The van der Waals surface area contributed by atoms with Gasteiger partial charge >= 0.3 is 0 Å². The van der Waals surface area contributed by atoms with E-state index in [1.54, 1.807) is 0 Å². The molecular formula is C11H12BrN3S. The quantitative estimate of drug-likeness (QED) is 0.729. The van der Waals surface area contributed by atoms with E-state index in [0.717, 1.165) is 33.5 Å². The zero-order chi connectivity index (χ0) is 11.3. The Labute approximate surface area is 107 Å². The molecule has 1 aliphatic heterocycles. The van der Waals surface area contributed by atoms with Gasteiger partial charge in [-0.1, -0.05) is 22.9 Å². The number of aromatic amines is 1. The highest BCUT2D eigenvalue weighted by atomic mass is 79.9. The van der Waals surface area contributed by atoms with Crippen LogP contribution >= 0.6 is 28.1 Å². The van der Waals surface area contributed by atoms with Gasteiger partial charge in [-0.05, 0) is 30.3 Å². The molecule has 0 aliphatic carbocycles. The fourth-order valence-corrected chi connectivity index (χ4v) is 2.97. The minimum absolute atomic E-state index is 0.580. The molecule has 2 heterocycles. The van der Waals surface area contributed by atoms with Gasteiger partial charge in [0.1, 0.15) is 0 Å². The Morgan fingerprint density at radius 1 is 1.50 bits per heavy atom. The van der Waals surface area contributed by atoms with Crippen LogP contribution in [0.4, 0.5) is 5.69 Å². The summed E-state index contributed by atoms with van der Waals surface area (Å²) in [6.07, 6.45) is 0. The second-order valence-corrected chi connectivity index (χ2v) is 5.68. The number of anilines is 1. The van der Waals surface area contributed by atoms with Gasteiger partial charge < -0.3 is 14.9 Å². The van der Waals surface area contributed by atoms with E-state index >= 15 is 0 Å². The van der Waals surface area contributed by atoms with Gasteiger partial charge in [-0.3, -0.25) is 0 Å². The van der Waals surface area contributed by atoms with E-state index in [1.807, 2.05) is 0 Å². The first kappa shape index (κ1) is 10.4. The molecule has 0 bridgehead atoms. The van der Waals surface area contributed by atoms with Crippen molar-refractivity contribution in [3.63, 3.8) is 0 Å². The van der Waals surface area contributed by atoms with Crippen molar-refractivity contribution >= 4 is 44.9 Å². The minimum Gasteiger partial charge on any atom is -0.383 e. The summed E-state index contributed by atoms with van der Waals surface area (Å²) in [6.45, 7) is 4.19. The van der Waals surface area contributed by atoms with Crippen LogP contribution in [0.5, 0.6) is 0 Å². The molecule has 16 heavy (non-hydrogen) atoms. The van der Waals surface area contributed by atoms with Crippen LogP contribution in [0.15, 0.2) is 16.6 Å². The summed E-state index contributed by atoms with van der Waals surface area (Å²) in [5, 5.41) is 3.48. The molecule has 1 unspecified atom stereocenters. The number of H-pyrrole nitrogens is 1. The van der Waals surface area contributed by atoms with Crippen LogP contribution in [0.3, 0.4) is 0 Å². The van der Waals surface area contributed by atoms with Gasteiger partial charge in [0.05, 0.1) is 16.7 Å². The van der Waals surface area contributed by atoms with Crippen LogP contribution in [0.1, 0.15) is 6.92 Å². The number of aromatic nitrogens is 2. The number of benzene rings is 1. The first-order valence-corrected chi connectivity index (χ1v) is 6.51. The number of imidazole rings is 1. The third-order valence-electron chi connectivity index (χ3n) is 2.97. The van der Waals surface area contributed by atoms with E-state index in [-0.39, 0.29) is 0 Å². The largest absolute Gasteiger partial charge is 0.383 e. The fraction of sp³-hybridized carbons (Fsp3) is 0.364. The molecule has 0 radical (unpaired) electrons. The third kappa shape index (κ3) is 1.50. The number of nitrogens with zero attached hydrogens (tertiary/aromatic N) is 1. The lowest BCUT2D eigenvalue weighted by molar-refractivity contribution is 0.516. The van der Waals surface area contributed by atoms with Crippen molar-refractivity contribution in [3.8, 4) is 0 Å². The Morgan fingerprint density at radius 3 is 3.12 bits per heavy atom. The Bertz CT molecular complexity index is 613. The zero-order valence-electron chi connectivity index (χ0n) is 8.88. The summed E-state index contributed by atoms with van der Waals surface area (Å²) in [4.78, 5) is 3.26. The molecule has 1 aromatic carbocycles. The predicted octanol–water partition coefficient (Wildman–Crippen LogP) is 3.52. The molecule has 1 atom stereocenters. The monoisotopic (exact) mass is 297 g/mol. The fourth-order valence-electron chi connectivity index (χ4n) is 2.24. The van der Waals surface area contributed by atoms with Crippen molar-refractivity contribution in [2.45, 2.75) is 13.5 Å². The number of hydrogen-bond donors (Lipinski definition) is 2. The second-order valence-electron chi connectivity index (χ2n) is 4.38. The average molecular weight is 298 g/mol. The molecule has 2 N–H and O–H groups in total. The third-order valence-corrected chi connectivity index (χ3v) is 3.75. The average Bonchev–Trinajstić information content (AvgIpc) is 2.43. The predicted molar refractivity (Wildman–Crippen MR) is 72.5 cm³/mol. The molecule has 3 rings (SSSR count). The standard InChI is InChI=1S/C11H12BrN3S/c1-6-4-13-8-2-7(12)3-9-10(8)15(5-6)11(16)14-9/h2-3,6,13H,4-5H2,1H3,(H,14,16). The van der Waals surface area contributed by atoms with Crippen molar-refractivity contribution < 1.29 is 0 Å². The highest BCUT2D eigenvalue weighted by molar-refractivity contribution is 9.10. The van der Waals surface area contributed by atoms with Crippen LogP contribution < -0.4 is 5.32 Å². The second kappa shape index (κ2) is 3.60. The molecule has 0 fully saturated rings. The number of halogens is 1. The molecule has 2 aromatic rings. The van der Waals surface area contributed by atoms with Gasteiger partial charge in [0, 0.05) is 17.6 Å². The maximum Gasteiger partial charge on any atom is 0.178 e. The van der Waals surface area contributed by atoms with Crippen molar-refractivity contribution in [1.29, 1.82) is 0 Å². The van der Waals surface area contributed by atoms with Crippen molar-refractivity contribution in [2.24, 2.45) is 5.92 Å². The summed E-state index contributed by atoms with van der Waals surface area (Å²) in [6, 6.07) is 4.18. The molecule has 1 aliphatic rings. The Kier molecular flexibility index (Phi) is 2.33. The van der Waals surface area contributed by atoms with Gasteiger partial charge in [-0.2, -0.15) is 0 Å². The number of nitrogens with one attached hydrogen (secondary N) is 2. The van der Waals surface area contributed by atoms with E-state index < -0.39 is 0 Å².